The Morgan fingerprint density at radius 3 is 1.91 bits per heavy atom. The van der Waals surface area contributed by atoms with E-state index < -0.39 is 17.0 Å². The molecule has 1 saturated heterocycles. The van der Waals surface area contributed by atoms with Gasteiger partial charge in [-0.25, -0.2) is 4.79 Å². The van der Waals surface area contributed by atoms with Gasteiger partial charge in [0.25, 0.3) is 0 Å². The van der Waals surface area contributed by atoms with E-state index >= 15 is 0 Å². The average molecular weight is 747 g/mol. The first kappa shape index (κ1) is 36.3. The van der Waals surface area contributed by atoms with Gasteiger partial charge in [-0.3, -0.25) is 4.79 Å². The largest absolute Gasteiger partial charge is 0.465 e. The van der Waals surface area contributed by atoms with Crippen molar-refractivity contribution in [1.29, 1.82) is 0 Å². The summed E-state index contributed by atoms with van der Waals surface area (Å²) in [5.41, 5.74) is 2.35. The van der Waals surface area contributed by atoms with Crippen LogP contribution in [0.15, 0.2) is 125 Å². The second-order valence-electron chi connectivity index (χ2n) is 13.3. The lowest BCUT2D eigenvalue weighted by atomic mass is 9.80. The summed E-state index contributed by atoms with van der Waals surface area (Å²) in [5, 5.41) is 0. The Morgan fingerprint density at radius 1 is 0.936 bits per heavy atom. The Bertz CT molecular complexity index is 1440. The zero-order valence-corrected chi connectivity index (χ0v) is 30.2. The maximum atomic E-state index is 14.5. The van der Waals surface area contributed by atoms with Crippen LogP contribution in [0.4, 0.5) is 0 Å². The van der Waals surface area contributed by atoms with E-state index in [-0.39, 0.29) is 24.1 Å². The molecule has 47 heavy (non-hydrogen) atoms. The summed E-state index contributed by atoms with van der Waals surface area (Å²) in [6, 6.07) is 29.7. The van der Waals surface area contributed by atoms with Crippen molar-refractivity contribution in [2.45, 2.75) is 77.6 Å². The van der Waals surface area contributed by atoms with Crippen LogP contribution in [0.3, 0.4) is 0 Å². The smallest absolute Gasteiger partial charge is 0.335 e. The molecule has 3 aromatic rings. The first-order valence-electron chi connectivity index (χ1n) is 16.4. The second kappa shape index (κ2) is 16.6. The van der Waals surface area contributed by atoms with E-state index in [0.717, 1.165) is 32.3 Å². The molecule has 6 heteroatoms. The van der Waals surface area contributed by atoms with Crippen molar-refractivity contribution in [3.63, 3.8) is 0 Å². The molecule has 0 bridgehead atoms. The van der Waals surface area contributed by atoms with Crippen LogP contribution in [0, 0.1) is 11.3 Å². The lowest BCUT2D eigenvalue weighted by molar-refractivity contribution is -0.153. The molecule has 1 aliphatic heterocycles. The van der Waals surface area contributed by atoms with Gasteiger partial charge >= 0.3 is 11.9 Å². The SMILES string of the molecule is C=C(I)[C@H](C)C/C=C(\C[C@@H]1O[C@@H](CCCOC(=O)C(C)(C)C)CC1=C)C(=O)OC(c1ccccc1)(c1ccccc1)c1ccccc1. The number of ether oxygens (including phenoxy) is 3. The van der Waals surface area contributed by atoms with Gasteiger partial charge in [0, 0.05) is 28.7 Å². The zero-order chi connectivity index (χ0) is 34.0. The van der Waals surface area contributed by atoms with Gasteiger partial charge in [0.1, 0.15) is 0 Å². The molecule has 0 N–H and O–H groups in total. The molecule has 1 fully saturated rings. The van der Waals surface area contributed by atoms with E-state index in [1.165, 1.54) is 0 Å². The van der Waals surface area contributed by atoms with Crippen molar-refractivity contribution in [2.24, 2.45) is 11.3 Å². The molecule has 248 valence electrons. The Hall–Kier alpha value is -3.49. The van der Waals surface area contributed by atoms with Gasteiger partial charge in [-0.2, -0.15) is 0 Å². The minimum absolute atomic E-state index is 0.0526. The molecule has 0 saturated carbocycles. The Labute approximate surface area is 294 Å². The Kier molecular flexibility index (Phi) is 12.8. The molecular weight excluding hydrogens is 699 g/mol. The van der Waals surface area contributed by atoms with Gasteiger partial charge in [-0.1, -0.05) is 117 Å². The minimum Gasteiger partial charge on any atom is -0.465 e. The molecule has 0 amide bonds. The molecule has 5 nitrogen and oxygen atoms in total. The molecule has 0 aliphatic carbocycles. The number of hydrogen-bond donors (Lipinski definition) is 0. The van der Waals surface area contributed by atoms with E-state index in [1.807, 2.05) is 118 Å². The van der Waals surface area contributed by atoms with Gasteiger partial charge in [0.2, 0.25) is 0 Å². The summed E-state index contributed by atoms with van der Waals surface area (Å²) in [6.45, 7) is 16.4. The lowest BCUT2D eigenvalue weighted by Crippen LogP contribution is -2.36. The first-order chi connectivity index (χ1) is 22.4. The second-order valence-corrected chi connectivity index (χ2v) is 14.7. The molecule has 0 unspecified atom stereocenters. The maximum absolute atomic E-state index is 14.5. The van der Waals surface area contributed by atoms with Crippen LogP contribution < -0.4 is 0 Å². The molecular formula is C41H47IO5. The zero-order valence-electron chi connectivity index (χ0n) is 28.0. The van der Waals surface area contributed by atoms with E-state index in [0.29, 0.717) is 37.9 Å². The van der Waals surface area contributed by atoms with Crippen molar-refractivity contribution in [1.82, 2.24) is 0 Å². The summed E-state index contributed by atoms with van der Waals surface area (Å²) in [7, 11) is 0. The standard InChI is InChI=1S/C41H47IO5/c1-29(31(3)42)24-25-32(28-37-30(2)27-36(46-37)23-16-26-45-39(44)40(4,5)6)38(43)47-41(33-17-10-7-11-18-33,34-19-12-8-13-20-34)35-21-14-9-15-22-35/h7-15,17-22,25,29,36-37H,2-3,16,23-24,26-28H2,1,4-6H3/b32-25+/t29-,36+,37+/m1/s1. The maximum Gasteiger partial charge on any atom is 0.335 e. The first-order valence-corrected chi connectivity index (χ1v) is 17.4. The summed E-state index contributed by atoms with van der Waals surface area (Å²) in [5.74, 6) is -0.431. The van der Waals surface area contributed by atoms with Gasteiger partial charge in [0.15, 0.2) is 5.60 Å². The topological polar surface area (TPSA) is 61.8 Å². The molecule has 3 atom stereocenters. The lowest BCUT2D eigenvalue weighted by Gasteiger charge is -2.35. The van der Waals surface area contributed by atoms with Crippen molar-refractivity contribution in [3.05, 3.63) is 142 Å². The summed E-state index contributed by atoms with van der Waals surface area (Å²) < 4.78 is 19.7. The number of rotatable bonds is 14. The number of carbonyl (C=O) groups is 2. The Balaban J connectivity index is 1.61. The fourth-order valence-corrected chi connectivity index (χ4v) is 5.91. The monoisotopic (exact) mass is 746 g/mol. The molecule has 1 aliphatic rings. The fraction of sp³-hybridized carbons (Fsp3) is 0.366. The van der Waals surface area contributed by atoms with Crippen molar-refractivity contribution in [3.8, 4) is 0 Å². The number of benzene rings is 3. The van der Waals surface area contributed by atoms with Crippen LogP contribution in [-0.4, -0.2) is 30.8 Å². The van der Waals surface area contributed by atoms with E-state index in [4.69, 9.17) is 14.2 Å². The molecule has 0 spiro atoms. The van der Waals surface area contributed by atoms with Gasteiger partial charge in [-0.15, -0.1) is 0 Å². The molecule has 3 aromatic carbocycles. The van der Waals surface area contributed by atoms with E-state index in [1.54, 1.807) is 0 Å². The number of hydrogen-bond acceptors (Lipinski definition) is 5. The average Bonchev–Trinajstić information content (AvgIpc) is 3.42. The van der Waals surface area contributed by atoms with Crippen LogP contribution >= 0.6 is 22.6 Å². The highest BCUT2D eigenvalue weighted by Crippen LogP contribution is 2.42. The third kappa shape index (κ3) is 9.54. The summed E-state index contributed by atoms with van der Waals surface area (Å²) in [4.78, 5) is 26.7. The molecule has 0 aromatic heterocycles. The van der Waals surface area contributed by atoms with Crippen molar-refractivity contribution < 1.29 is 23.8 Å². The van der Waals surface area contributed by atoms with Crippen molar-refractivity contribution >= 4 is 34.5 Å². The van der Waals surface area contributed by atoms with Crippen LogP contribution in [0.2, 0.25) is 0 Å². The predicted molar refractivity (Wildman–Crippen MR) is 197 cm³/mol. The van der Waals surface area contributed by atoms with Crippen molar-refractivity contribution in [2.75, 3.05) is 6.61 Å². The normalized spacial score (nSPS) is 17.6. The number of esters is 2. The summed E-state index contributed by atoms with van der Waals surface area (Å²) in [6.07, 6.45) is 4.73. The highest BCUT2D eigenvalue weighted by molar-refractivity contribution is 14.1. The van der Waals surface area contributed by atoms with Crippen LogP contribution in [0.1, 0.15) is 76.5 Å². The van der Waals surface area contributed by atoms with Gasteiger partial charge in [-0.05, 0) is 84.1 Å². The van der Waals surface area contributed by atoms with Gasteiger partial charge in [0.05, 0.1) is 24.2 Å². The third-order valence-corrected chi connectivity index (χ3v) is 9.59. The van der Waals surface area contributed by atoms with Crippen LogP contribution in [-0.2, 0) is 29.4 Å². The highest BCUT2D eigenvalue weighted by atomic mass is 127. The van der Waals surface area contributed by atoms with E-state index in [9.17, 15) is 9.59 Å². The Morgan fingerprint density at radius 2 is 1.45 bits per heavy atom. The summed E-state index contributed by atoms with van der Waals surface area (Å²) >= 11 is 2.25. The fourth-order valence-electron chi connectivity index (χ4n) is 5.65. The number of carbonyl (C=O) groups excluding carboxylic acids is 2. The molecule has 0 radical (unpaired) electrons. The number of allylic oxidation sites excluding steroid dienone is 2. The third-order valence-electron chi connectivity index (χ3n) is 8.52. The molecule has 4 rings (SSSR count). The van der Waals surface area contributed by atoms with Gasteiger partial charge < -0.3 is 14.2 Å². The van der Waals surface area contributed by atoms with Crippen LogP contribution in [0.25, 0.3) is 0 Å². The highest BCUT2D eigenvalue weighted by Gasteiger charge is 2.42. The molecule has 1 heterocycles. The predicted octanol–water partition coefficient (Wildman–Crippen LogP) is 9.90. The minimum atomic E-state index is -1.18. The van der Waals surface area contributed by atoms with Crippen LogP contribution in [0.5, 0.6) is 0 Å². The number of halogens is 1. The van der Waals surface area contributed by atoms with E-state index in [2.05, 4.69) is 42.7 Å². The quantitative estimate of drug-likeness (QED) is 0.0411.